The molecular formula is C24H26F3N3O3. The number of hydrogen-bond acceptors (Lipinski definition) is 4. The molecule has 1 N–H and O–H groups in total. The van der Waals surface area contributed by atoms with Crippen molar-refractivity contribution in [1.29, 1.82) is 5.26 Å². The summed E-state index contributed by atoms with van der Waals surface area (Å²) in [4.78, 5) is 25.3. The molecule has 2 rings (SSSR count). The van der Waals surface area contributed by atoms with Crippen LogP contribution in [0.3, 0.4) is 0 Å². The van der Waals surface area contributed by atoms with Crippen LogP contribution in [0.4, 0.5) is 18.0 Å². The van der Waals surface area contributed by atoms with Gasteiger partial charge < -0.3 is 15.0 Å². The van der Waals surface area contributed by atoms with Gasteiger partial charge in [-0.2, -0.15) is 18.4 Å². The molecule has 2 aromatic carbocycles. The van der Waals surface area contributed by atoms with Crippen molar-refractivity contribution in [3.63, 3.8) is 0 Å². The minimum absolute atomic E-state index is 0.0716. The van der Waals surface area contributed by atoms with E-state index in [1.54, 1.807) is 30.3 Å². The number of rotatable bonds is 8. The number of carbonyl (C=O) groups is 2. The number of nitrogens with zero attached hydrogens (tertiary/aromatic N) is 2. The molecule has 1 atom stereocenters. The van der Waals surface area contributed by atoms with Crippen LogP contribution in [0.2, 0.25) is 0 Å². The van der Waals surface area contributed by atoms with Crippen LogP contribution in [0, 0.1) is 17.2 Å². The smallest absolute Gasteiger partial charge is 0.413 e. The fraction of sp³-hybridized carbons (Fsp3) is 0.375. The van der Waals surface area contributed by atoms with Crippen LogP contribution in [0.25, 0.3) is 11.1 Å². The van der Waals surface area contributed by atoms with Gasteiger partial charge in [0.25, 0.3) is 0 Å². The number of halogens is 3. The quantitative estimate of drug-likeness (QED) is 0.426. The molecule has 9 heteroatoms. The molecule has 1 unspecified atom stereocenters. The number of nitrogens with one attached hydrogen (secondary N) is 1. The zero-order valence-corrected chi connectivity index (χ0v) is 18.6. The zero-order valence-electron chi connectivity index (χ0n) is 18.6. The fourth-order valence-corrected chi connectivity index (χ4v) is 3.38. The van der Waals surface area contributed by atoms with Crippen molar-refractivity contribution in [1.82, 2.24) is 10.2 Å². The summed E-state index contributed by atoms with van der Waals surface area (Å²) in [7, 11) is 1.25. The maximum absolute atomic E-state index is 14.2. The van der Waals surface area contributed by atoms with E-state index in [4.69, 9.17) is 10.00 Å². The molecule has 0 bridgehead atoms. The number of esters is 1. The van der Waals surface area contributed by atoms with E-state index in [1.807, 2.05) is 13.8 Å². The van der Waals surface area contributed by atoms with E-state index in [1.165, 1.54) is 31.4 Å². The van der Waals surface area contributed by atoms with Gasteiger partial charge in [0.2, 0.25) is 0 Å². The Balaban J connectivity index is 2.47. The van der Waals surface area contributed by atoms with Gasteiger partial charge in [-0.15, -0.1) is 0 Å². The van der Waals surface area contributed by atoms with Crippen molar-refractivity contribution in [3.05, 3.63) is 59.7 Å². The number of amides is 2. The third-order valence-electron chi connectivity index (χ3n) is 5.02. The highest BCUT2D eigenvalue weighted by Gasteiger charge is 2.46. The van der Waals surface area contributed by atoms with E-state index in [0.717, 1.165) is 4.90 Å². The summed E-state index contributed by atoms with van der Waals surface area (Å²) in [6.45, 7) is 3.17. The second-order valence-electron chi connectivity index (χ2n) is 7.80. The van der Waals surface area contributed by atoms with E-state index in [2.05, 4.69) is 5.32 Å². The molecule has 176 valence electrons. The van der Waals surface area contributed by atoms with Crippen molar-refractivity contribution >= 4 is 12.0 Å². The molecule has 0 saturated heterocycles. The van der Waals surface area contributed by atoms with E-state index in [-0.39, 0.29) is 23.6 Å². The Morgan fingerprint density at radius 2 is 1.76 bits per heavy atom. The highest BCUT2D eigenvalue weighted by molar-refractivity contribution is 5.97. The highest BCUT2D eigenvalue weighted by Crippen LogP contribution is 2.39. The largest absolute Gasteiger partial charge is 0.465 e. The summed E-state index contributed by atoms with van der Waals surface area (Å²) >= 11 is 0. The maximum atomic E-state index is 14.2. The fourth-order valence-electron chi connectivity index (χ4n) is 3.38. The Bertz CT molecular complexity index is 998. The zero-order chi connectivity index (χ0) is 24.6. The minimum atomic E-state index is -4.74. The lowest BCUT2D eigenvalue weighted by molar-refractivity contribution is -0.179. The number of ether oxygens (including phenoxy) is 1. The third-order valence-corrected chi connectivity index (χ3v) is 5.02. The van der Waals surface area contributed by atoms with E-state index >= 15 is 0 Å². The first kappa shape index (κ1) is 25.7. The lowest BCUT2D eigenvalue weighted by atomic mass is 9.96. The molecule has 0 fully saturated rings. The minimum Gasteiger partial charge on any atom is -0.465 e. The Hall–Kier alpha value is -3.54. The molecule has 0 aliphatic carbocycles. The van der Waals surface area contributed by atoms with Crippen LogP contribution < -0.4 is 5.32 Å². The first-order valence-electron chi connectivity index (χ1n) is 10.4. The van der Waals surface area contributed by atoms with Gasteiger partial charge in [0, 0.05) is 6.54 Å². The second-order valence-corrected chi connectivity index (χ2v) is 7.80. The Labute approximate surface area is 191 Å². The Morgan fingerprint density at radius 3 is 2.30 bits per heavy atom. The van der Waals surface area contributed by atoms with E-state index in [0.29, 0.717) is 17.5 Å². The number of carbonyl (C=O) groups excluding carboxylic acids is 2. The van der Waals surface area contributed by atoms with Gasteiger partial charge in [0.1, 0.15) is 6.54 Å². The maximum Gasteiger partial charge on any atom is 0.413 e. The van der Waals surface area contributed by atoms with Gasteiger partial charge >= 0.3 is 18.2 Å². The highest BCUT2D eigenvalue weighted by atomic mass is 19.4. The van der Waals surface area contributed by atoms with Crippen LogP contribution in [0.1, 0.15) is 42.2 Å². The molecule has 2 amide bonds. The van der Waals surface area contributed by atoms with Gasteiger partial charge in [-0.25, -0.2) is 9.59 Å². The SMILES string of the molecule is COC(=O)c1ccccc1-c1ccc(C(N(CCC(C)C)C(=O)NCC#N)C(F)(F)F)cc1. The van der Waals surface area contributed by atoms with Crippen molar-refractivity contribution in [2.45, 2.75) is 32.5 Å². The third kappa shape index (κ3) is 6.72. The molecule has 0 spiro atoms. The van der Waals surface area contributed by atoms with Gasteiger partial charge in [-0.05, 0) is 35.1 Å². The van der Waals surface area contributed by atoms with Gasteiger partial charge in [0.15, 0.2) is 6.04 Å². The normalized spacial score (nSPS) is 12.1. The van der Waals surface area contributed by atoms with Crippen LogP contribution >= 0.6 is 0 Å². The molecule has 2 aromatic rings. The number of alkyl halides is 3. The van der Waals surface area contributed by atoms with Crippen LogP contribution in [-0.4, -0.2) is 43.3 Å². The molecule has 0 radical (unpaired) electrons. The second kappa shape index (κ2) is 11.4. The number of hydrogen-bond donors (Lipinski definition) is 1. The van der Waals surface area contributed by atoms with Crippen LogP contribution in [0.5, 0.6) is 0 Å². The number of benzene rings is 2. The monoisotopic (exact) mass is 461 g/mol. The topological polar surface area (TPSA) is 82.4 Å². The first-order chi connectivity index (χ1) is 15.6. The predicted octanol–water partition coefficient (Wildman–Crippen LogP) is 5.32. The van der Waals surface area contributed by atoms with Crippen LogP contribution in [-0.2, 0) is 4.74 Å². The summed E-state index contributed by atoms with van der Waals surface area (Å²) in [6.07, 6.45) is -4.39. The van der Waals surface area contributed by atoms with E-state index in [9.17, 15) is 22.8 Å². The summed E-state index contributed by atoms with van der Waals surface area (Å²) in [5.41, 5.74) is 1.21. The molecule has 0 aliphatic heterocycles. The van der Waals surface area contributed by atoms with Gasteiger partial charge in [-0.1, -0.05) is 56.3 Å². The van der Waals surface area contributed by atoms with Crippen molar-refractivity contribution in [3.8, 4) is 17.2 Å². The first-order valence-corrected chi connectivity index (χ1v) is 10.4. The van der Waals surface area contributed by atoms with Crippen LogP contribution in [0.15, 0.2) is 48.5 Å². The number of methoxy groups -OCH3 is 1. The lowest BCUT2D eigenvalue weighted by Gasteiger charge is -2.34. The summed E-state index contributed by atoms with van der Waals surface area (Å²) in [5, 5.41) is 10.9. The average molecular weight is 461 g/mol. The van der Waals surface area contributed by atoms with Gasteiger partial charge in [-0.3, -0.25) is 0 Å². The van der Waals surface area contributed by atoms with Gasteiger partial charge in [0.05, 0.1) is 18.7 Å². The molecule has 0 heterocycles. The summed E-state index contributed by atoms with van der Waals surface area (Å²) < 4.78 is 47.2. The summed E-state index contributed by atoms with van der Waals surface area (Å²) in [5.74, 6) is -0.487. The molecule has 0 saturated carbocycles. The summed E-state index contributed by atoms with van der Waals surface area (Å²) in [6, 6.07) is 10.7. The molecule has 33 heavy (non-hydrogen) atoms. The van der Waals surface area contributed by atoms with Crippen molar-refractivity contribution in [2.24, 2.45) is 5.92 Å². The molecule has 6 nitrogen and oxygen atoms in total. The molecule has 0 aromatic heterocycles. The molecule has 0 aliphatic rings. The lowest BCUT2D eigenvalue weighted by Crippen LogP contribution is -2.48. The number of nitriles is 1. The molecular weight excluding hydrogens is 435 g/mol. The Morgan fingerprint density at radius 1 is 1.12 bits per heavy atom. The Kier molecular flexibility index (Phi) is 8.85. The standard InChI is InChI=1S/C24H26F3N3O3/c1-16(2)12-15-30(23(32)29-14-13-28)21(24(25,26)27)18-10-8-17(9-11-18)19-6-4-5-7-20(19)22(31)33-3/h4-11,16,21H,12,14-15H2,1-3H3,(H,29,32). The average Bonchev–Trinajstić information content (AvgIpc) is 2.78. The predicted molar refractivity (Wildman–Crippen MR) is 117 cm³/mol. The van der Waals surface area contributed by atoms with Crippen molar-refractivity contribution in [2.75, 3.05) is 20.2 Å². The number of urea groups is 1. The van der Waals surface area contributed by atoms with Crippen molar-refractivity contribution < 1.29 is 27.5 Å². The van der Waals surface area contributed by atoms with E-state index < -0.39 is 30.8 Å².